The zero-order valence-electron chi connectivity index (χ0n) is 29.9. The van der Waals surface area contributed by atoms with Crippen molar-refractivity contribution in [1.29, 1.82) is 0 Å². The van der Waals surface area contributed by atoms with Crippen LogP contribution < -0.4 is 0 Å². The Morgan fingerprint density at radius 3 is 1.22 bits per heavy atom. The highest BCUT2D eigenvalue weighted by atomic mass is 15.0. The summed E-state index contributed by atoms with van der Waals surface area (Å²) in [7, 11) is 0. The van der Waals surface area contributed by atoms with Crippen LogP contribution >= 0.6 is 0 Å². The highest BCUT2D eigenvalue weighted by Gasteiger charge is 2.15. The summed E-state index contributed by atoms with van der Waals surface area (Å²) in [5.41, 5.74) is 13.4. The molecule has 0 N–H and O–H groups in total. The number of fused-ring (bicyclic) bond motifs is 3. The van der Waals surface area contributed by atoms with Crippen molar-refractivity contribution >= 4 is 21.8 Å². The highest BCUT2D eigenvalue weighted by Crippen LogP contribution is 2.36. The van der Waals surface area contributed by atoms with Crippen molar-refractivity contribution in [2.24, 2.45) is 0 Å². The fourth-order valence-corrected chi connectivity index (χ4v) is 7.49. The molecule has 0 aliphatic carbocycles. The fourth-order valence-electron chi connectivity index (χ4n) is 7.49. The molecule has 2 heterocycles. The van der Waals surface area contributed by atoms with Crippen molar-refractivity contribution in [3.63, 3.8) is 0 Å². The smallest absolute Gasteiger partial charge is 0.164 e. The van der Waals surface area contributed by atoms with Crippen molar-refractivity contribution in [1.82, 2.24) is 19.5 Å². The second-order valence-corrected chi connectivity index (χ2v) is 13.7. The first-order valence-electron chi connectivity index (χ1n) is 18.5. The van der Waals surface area contributed by atoms with Crippen molar-refractivity contribution in [3.05, 3.63) is 206 Å². The lowest BCUT2D eigenvalue weighted by Crippen LogP contribution is -2.00. The average molecular weight is 703 g/mol. The van der Waals surface area contributed by atoms with Crippen molar-refractivity contribution < 1.29 is 0 Å². The van der Waals surface area contributed by atoms with E-state index in [9.17, 15) is 0 Å². The van der Waals surface area contributed by atoms with Crippen LogP contribution in [0.25, 0.3) is 95.0 Å². The van der Waals surface area contributed by atoms with Gasteiger partial charge < -0.3 is 4.57 Å². The van der Waals surface area contributed by atoms with Gasteiger partial charge in [0.1, 0.15) is 0 Å². The molecule has 10 rings (SSSR count). The molecule has 0 spiro atoms. The molecule has 0 fully saturated rings. The second-order valence-electron chi connectivity index (χ2n) is 13.7. The average Bonchev–Trinajstić information content (AvgIpc) is 3.61. The standard InChI is InChI=1S/C51H34N4/c1-4-13-35(14-5-1)36-23-25-38(26-24-36)43-31-32-46-45-21-10-11-22-47(45)55(48(46)34-43)44-20-12-19-42(33-44)37-27-29-41(30-28-37)51-53-49(39-15-6-2-7-16-39)52-50(54-51)40-17-8-3-9-18-40/h1-34H. The van der Waals surface area contributed by atoms with Crippen LogP contribution in [-0.2, 0) is 0 Å². The Labute approximate surface area is 319 Å². The molecule has 4 nitrogen and oxygen atoms in total. The molecule has 0 radical (unpaired) electrons. The van der Waals surface area contributed by atoms with Gasteiger partial charge in [0.2, 0.25) is 0 Å². The molecule has 0 atom stereocenters. The molecule has 10 aromatic rings. The molecule has 4 heteroatoms. The Bertz CT molecular complexity index is 2880. The van der Waals surface area contributed by atoms with Gasteiger partial charge in [-0.1, -0.05) is 182 Å². The monoisotopic (exact) mass is 702 g/mol. The molecule has 55 heavy (non-hydrogen) atoms. The first-order chi connectivity index (χ1) is 27.2. The molecule has 0 aliphatic rings. The first kappa shape index (κ1) is 32.2. The molecular formula is C51H34N4. The van der Waals surface area contributed by atoms with E-state index in [2.05, 4.69) is 150 Å². The summed E-state index contributed by atoms with van der Waals surface area (Å²) in [4.78, 5) is 14.7. The Balaban J connectivity index is 1.02. The van der Waals surface area contributed by atoms with Gasteiger partial charge in [-0.25, -0.2) is 15.0 Å². The van der Waals surface area contributed by atoms with Gasteiger partial charge in [-0.3, -0.25) is 0 Å². The van der Waals surface area contributed by atoms with E-state index in [1.54, 1.807) is 0 Å². The first-order valence-corrected chi connectivity index (χ1v) is 18.5. The zero-order chi connectivity index (χ0) is 36.6. The number of benzene rings is 8. The molecule has 0 amide bonds. The second kappa shape index (κ2) is 13.8. The van der Waals surface area contributed by atoms with Crippen LogP contribution in [0, 0.1) is 0 Å². The Hall–Kier alpha value is -7.43. The van der Waals surface area contributed by atoms with Gasteiger partial charge in [-0.05, 0) is 57.6 Å². The summed E-state index contributed by atoms with van der Waals surface area (Å²) < 4.78 is 2.39. The van der Waals surface area contributed by atoms with Crippen LogP contribution in [0.3, 0.4) is 0 Å². The number of nitrogens with zero attached hydrogens (tertiary/aromatic N) is 4. The van der Waals surface area contributed by atoms with Crippen molar-refractivity contribution in [2.45, 2.75) is 0 Å². The molecule has 258 valence electrons. The van der Waals surface area contributed by atoms with E-state index in [-0.39, 0.29) is 0 Å². The summed E-state index contributed by atoms with van der Waals surface area (Å²) >= 11 is 0. The number of rotatable bonds is 7. The van der Waals surface area contributed by atoms with E-state index in [0.717, 1.165) is 33.5 Å². The third-order valence-electron chi connectivity index (χ3n) is 10.3. The lowest BCUT2D eigenvalue weighted by molar-refractivity contribution is 1.07. The van der Waals surface area contributed by atoms with Gasteiger partial charge in [0.05, 0.1) is 11.0 Å². The minimum atomic E-state index is 0.642. The van der Waals surface area contributed by atoms with Crippen LogP contribution in [0.15, 0.2) is 206 Å². The Morgan fingerprint density at radius 1 is 0.255 bits per heavy atom. The minimum Gasteiger partial charge on any atom is -0.309 e. The van der Waals surface area contributed by atoms with Crippen LogP contribution in [-0.4, -0.2) is 19.5 Å². The van der Waals surface area contributed by atoms with Crippen LogP contribution in [0.5, 0.6) is 0 Å². The van der Waals surface area contributed by atoms with E-state index in [4.69, 9.17) is 15.0 Å². The Morgan fingerprint density at radius 2 is 0.636 bits per heavy atom. The third kappa shape index (κ3) is 6.16. The van der Waals surface area contributed by atoms with E-state index in [1.165, 1.54) is 44.1 Å². The summed E-state index contributed by atoms with van der Waals surface area (Å²) in [5.74, 6) is 1.95. The maximum atomic E-state index is 4.93. The third-order valence-corrected chi connectivity index (χ3v) is 10.3. The van der Waals surface area contributed by atoms with E-state index in [0.29, 0.717) is 17.5 Å². The summed E-state index contributed by atoms with van der Waals surface area (Å²) in [6, 6.07) is 72.4. The Kier molecular flexibility index (Phi) is 8.12. The van der Waals surface area contributed by atoms with E-state index in [1.807, 2.05) is 60.7 Å². The molecular weight excluding hydrogens is 669 g/mol. The molecule has 0 unspecified atom stereocenters. The molecule has 0 saturated heterocycles. The SMILES string of the molecule is c1ccc(-c2ccc(-c3ccc4c5ccccc5n(-c5cccc(-c6ccc(-c7nc(-c8ccccc8)nc(-c8ccccc8)n7)cc6)c5)c4c3)cc2)cc1. The predicted molar refractivity (Wildman–Crippen MR) is 227 cm³/mol. The van der Waals surface area contributed by atoms with Gasteiger partial charge in [0, 0.05) is 33.2 Å². The topological polar surface area (TPSA) is 43.6 Å². The summed E-state index contributed by atoms with van der Waals surface area (Å²) in [6.07, 6.45) is 0. The molecule has 0 saturated carbocycles. The fraction of sp³-hybridized carbons (Fsp3) is 0. The van der Waals surface area contributed by atoms with Crippen LogP contribution in [0.1, 0.15) is 0 Å². The predicted octanol–water partition coefficient (Wildman–Crippen LogP) is 13.0. The number of para-hydroxylation sites is 1. The number of hydrogen-bond acceptors (Lipinski definition) is 3. The lowest BCUT2D eigenvalue weighted by Gasteiger charge is -2.12. The summed E-state index contributed by atoms with van der Waals surface area (Å²) in [5, 5.41) is 2.47. The molecule has 2 aromatic heterocycles. The lowest BCUT2D eigenvalue weighted by atomic mass is 9.99. The normalized spacial score (nSPS) is 11.3. The molecule has 0 aliphatic heterocycles. The quantitative estimate of drug-likeness (QED) is 0.166. The van der Waals surface area contributed by atoms with Gasteiger partial charge in [0.15, 0.2) is 17.5 Å². The number of aromatic nitrogens is 4. The van der Waals surface area contributed by atoms with Crippen molar-refractivity contribution in [2.75, 3.05) is 0 Å². The highest BCUT2D eigenvalue weighted by molar-refractivity contribution is 6.10. The largest absolute Gasteiger partial charge is 0.309 e. The maximum Gasteiger partial charge on any atom is 0.164 e. The maximum absolute atomic E-state index is 4.93. The van der Waals surface area contributed by atoms with Crippen LogP contribution in [0.2, 0.25) is 0 Å². The van der Waals surface area contributed by atoms with E-state index >= 15 is 0 Å². The van der Waals surface area contributed by atoms with Gasteiger partial charge in [-0.2, -0.15) is 0 Å². The molecule has 0 bridgehead atoms. The molecule has 8 aromatic carbocycles. The summed E-state index contributed by atoms with van der Waals surface area (Å²) in [6.45, 7) is 0. The zero-order valence-corrected chi connectivity index (χ0v) is 29.9. The van der Waals surface area contributed by atoms with E-state index < -0.39 is 0 Å². The van der Waals surface area contributed by atoms with Crippen LogP contribution in [0.4, 0.5) is 0 Å². The van der Waals surface area contributed by atoms with Crippen molar-refractivity contribution in [3.8, 4) is 73.2 Å². The van der Waals surface area contributed by atoms with Gasteiger partial charge in [0.25, 0.3) is 0 Å². The number of hydrogen-bond donors (Lipinski definition) is 0. The van der Waals surface area contributed by atoms with Gasteiger partial charge >= 0.3 is 0 Å². The van der Waals surface area contributed by atoms with Gasteiger partial charge in [-0.15, -0.1) is 0 Å². The minimum absolute atomic E-state index is 0.642.